The zero-order valence-electron chi connectivity index (χ0n) is 14.7. The molecule has 0 spiro atoms. The summed E-state index contributed by atoms with van der Waals surface area (Å²) in [4.78, 5) is 61.1. The predicted octanol–water partition coefficient (Wildman–Crippen LogP) is -1.99. The third kappa shape index (κ3) is 6.45. The van der Waals surface area contributed by atoms with Crippen molar-refractivity contribution in [3.63, 3.8) is 0 Å². The van der Waals surface area contributed by atoms with E-state index >= 15 is 0 Å². The van der Waals surface area contributed by atoms with Gasteiger partial charge in [-0.2, -0.15) is 4.31 Å². The lowest BCUT2D eigenvalue weighted by atomic mass is 9.96. The number of nitrogens with zero attached hydrogens (tertiary/aromatic N) is 1. The van der Waals surface area contributed by atoms with Crippen LogP contribution in [0.1, 0.15) is 13.2 Å². The molecule has 1 fully saturated rings. The van der Waals surface area contributed by atoms with E-state index in [0.29, 0.717) is 0 Å². The van der Waals surface area contributed by atoms with Gasteiger partial charge in [0, 0.05) is 12.3 Å². The first kappa shape index (κ1) is 25.6. The molecule has 7 N–H and O–H groups in total. The first-order valence-corrected chi connectivity index (χ1v) is 13.2. The molecular weight excluding hydrogens is 497 g/mol. The highest BCUT2D eigenvalue weighted by Crippen LogP contribution is 2.66. The summed E-state index contributed by atoms with van der Waals surface area (Å²) in [5.41, 5.74) is -3.79. The van der Waals surface area contributed by atoms with E-state index in [1.54, 1.807) is 0 Å². The molecule has 0 aliphatic carbocycles. The van der Waals surface area contributed by atoms with Gasteiger partial charge < -0.3 is 39.0 Å². The van der Waals surface area contributed by atoms with Gasteiger partial charge in [-0.3, -0.25) is 14.3 Å². The summed E-state index contributed by atoms with van der Waals surface area (Å²) < 4.78 is 40.4. The van der Waals surface area contributed by atoms with Gasteiger partial charge in [0.15, 0.2) is 6.23 Å². The number of aliphatic hydroxyl groups excluding tert-OH is 1. The van der Waals surface area contributed by atoms with E-state index in [2.05, 4.69) is 20.4 Å². The number of phosphoric acid groups is 2. The highest BCUT2D eigenvalue weighted by molar-refractivity contribution is 8.08. The summed E-state index contributed by atoms with van der Waals surface area (Å²) in [6, 6.07) is 0.957. The molecule has 1 aliphatic heterocycles. The van der Waals surface area contributed by atoms with Crippen LogP contribution in [-0.2, 0) is 38.8 Å². The number of aliphatic hydroxyl groups is 2. The van der Waals surface area contributed by atoms with Crippen LogP contribution in [0, 0.1) is 0 Å². The van der Waals surface area contributed by atoms with Crippen LogP contribution in [-0.4, -0.2) is 63.8 Å². The molecule has 6 atom stereocenters. The maximum absolute atomic E-state index is 11.9. The van der Waals surface area contributed by atoms with Gasteiger partial charge in [-0.25, -0.2) is 18.2 Å². The first-order valence-electron chi connectivity index (χ1n) is 7.59. The van der Waals surface area contributed by atoms with Gasteiger partial charge in [-0.15, -0.1) is 0 Å². The molecule has 2 rings (SSSR count). The molecule has 0 aromatic carbocycles. The topological polar surface area (TPSA) is 247 Å². The van der Waals surface area contributed by atoms with Crippen LogP contribution in [0.15, 0.2) is 21.9 Å². The normalized spacial score (nSPS) is 31.2. The minimum absolute atomic E-state index is 0.724. The average Bonchev–Trinajstić information content (AvgIpc) is 2.73. The number of hydrogen-bond acceptors (Lipinski definition) is 11. The van der Waals surface area contributed by atoms with Gasteiger partial charge in [0.2, 0.25) is 0 Å². The molecule has 30 heavy (non-hydrogen) atoms. The van der Waals surface area contributed by atoms with Crippen molar-refractivity contribution in [2.24, 2.45) is 0 Å². The van der Waals surface area contributed by atoms with Gasteiger partial charge >= 0.3 is 28.1 Å². The lowest BCUT2D eigenvalue weighted by molar-refractivity contribution is -0.0985. The smallest absolute Gasteiger partial charge is 0.387 e. The minimum Gasteiger partial charge on any atom is -0.387 e. The molecule has 1 saturated heterocycles. The highest BCUT2D eigenvalue weighted by atomic mass is 32.5. The second-order valence-corrected chi connectivity index (χ2v) is 11.9. The molecule has 2 heterocycles. The van der Waals surface area contributed by atoms with Gasteiger partial charge in [-0.05, 0) is 18.7 Å². The van der Waals surface area contributed by atoms with E-state index in [4.69, 9.17) is 19.0 Å². The number of hydrogen-bond donors (Lipinski definition) is 7. The lowest BCUT2D eigenvalue weighted by Gasteiger charge is -2.27. The zero-order valence-corrected chi connectivity index (χ0v) is 18.2. The summed E-state index contributed by atoms with van der Waals surface area (Å²) in [6.45, 7) is -4.42. The Morgan fingerprint density at radius 3 is 2.40 bits per heavy atom. The Balaban J connectivity index is 2.13. The fourth-order valence-electron chi connectivity index (χ4n) is 2.46. The summed E-state index contributed by atoms with van der Waals surface area (Å²) in [5.74, 6) is 0. The quantitative estimate of drug-likeness (QED) is 0.186. The Morgan fingerprint density at radius 2 is 1.87 bits per heavy atom. The fourth-order valence-corrected chi connectivity index (χ4v) is 6.43. The van der Waals surface area contributed by atoms with Gasteiger partial charge in [0.25, 0.3) is 5.56 Å². The lowest BCUT2D eigenvalue weighted by Crippen LogP contribution is -2.46. The van der Waals surface area contributed by atoms with Gasteiger partial charge in [0.1, 0.15) is 17.8 Å². The van der Waals surface area contributed by atoms with Crippen molar-refractivity contribution >= 4 is 34.2 Å². The van der Waals surface area contributed by atoms with E-state index < -0.39 is 64.3 Å². The second-order valence-electron chi connectivity index (χ2n) is 6.10. The van der Waals surface area contributed by atoms with Crippen molar-refractivity contribution in [1.82, 2.24) is 9.55 Å². The number of ether oxygens (including phenoxy) is 1. The van der Waals surface area contributed by atoms with Crippen LogP contribution in [0.25, 0.3) is 0 Å². The second kappa shape index (κ2) is 8.73. The van der Waals surface area contributed by atoms with E-state index in [9.17, 15) is 38.7 Å². The van der Waals surface area contributed by atoms with Crippen molar-refractivity contribution in [2.45, 2.75) is 31.0 Å². The van der Waals surface area contributed by atoms with E-state index in [1.807, 2.05) is 4.98 Å². The SMILES string of the molecule is C[C@]1(O)C(n2ccc(=O)[nH]c2=O)O[C@H](COP(O)(=S)OP(=O)(O)OP(=O)(O)O)[C@H]1O. The minimum atomic E-state index is -5.53. The molecular formula is C10H17N2O14P3S. The average molecular weight is 514 g/mol. The van der Waals surface area contributed by atoms with Crippen molar-refractivity contribution in [3.05, 3.63) is 33.1 Å². The monoisotopic (exact) mass is 514 g/mol. The Hall–Kier alpha value is -0.610. The molecule has 3 unspecified atom stereocenters. The Labute approximate surface area is 171 Å². The van der Waals surface area contributed by atoms with Crippen LogP contribution in [0.3, 0.4) is 0 Å². The van der Waals surface area contributed by atoms with Gasteiger partial charge in [0.05, 0.1) is 6.61 Å². The maximum Gasteiger partial charge on any atom is 0.488 e. The molecule has 20 heteroatoms. The van der Waals surface area contributed by atoms with Gasteiger partial charge in [-0.1, -0.05) is 0 Å². The van der Waals surface area contributed by atoms with Crippen molar-refractivity contribution in [1.29, 1.82) is 0 Å². The van der Waals surface area contributed by atoms with Crippen LogP contribution in [0.5, 0.6) is 0 Å². The Morgan fingerprint density at radius 1 is 1.27 bits per heavy atom. The van der Waals surface area contributed by atoms with E-state index in [1.165, 1.54) is 0 Å². The maximum atomic E-state index is 11.9. The largest absolute Gasteiger partial charge is 0.488 e. The molecule has 0 bridgehead atoms. The van der Waals surface area contributed by atoms with Crippen molar-refractivity contribution in [3.8, 4) is 0 Å². The van der Waals surface area contributed by atoms with Crippen LogP contribution in [0.2, 0.25) is 0 Å². The summed E-state index contributed by atoms with van der Waals surface area (Å²) >= 11 is 4.43. The molecule has 0 amide bonds. The van der Waals surface area contributed by atoms with Crippen molar-refractivity contribution in [2.75, 3.05) is 6.61 Å². The molecule has 0 saturated carbocycles. The Bertz CT molecular complexity index is 1050. The van der Waals surface area contributed by atoms with Crippen LogP contribution < -0.4 is 11.2 Å². The third-order valence-electron chi connectivity index (χ3n) is 3.68. The van der Waals surface area contributed by atoms with E-state index in [0.717, 1.165) is 23.8 Å². The highest BCUT2D eigenvalue weighted by Gasteiger charge is 2.54. The van der Waals surface area contributed by atoms with Crippen molar-refractivity contribution < 1.29 is 56.8 Å². The molecule has 1 aromatic rings. The number of H-pyrrole nitrogens is 1. The van der Waals surface area contributed by atoms with Crippen LogP contribution in [0.4, 0.5) is 0 Å². The van der Waals surface area contributed by atoms with Crippen LogP contribution >= 0.6 is 22.4 Å². The zero-order chi connectivity index (χ0) is 23.1. The number of aromatic amines is 1. The summed E-state index contributed by atoms with van der Waals surface area (Å²) in [7, 11) is -11.0. The molecule has 1 aromatic heterocycles. The Kier molecular flexibility index (Phi) is 7.46. The molecule has 16 nitrogen and oxygen atoms in total. The standard InChI is InChI=1S/C10H17N2O14P3S/c1-10(16)7(14)5(24-8(10)12-3-2-6(13)11-9(12)15)4-23-29(22,30)26-28(20,21)25-27(17,18)19/h2-3,5,7-8,14,16H,4H2,1H3,(H,20,21)(H,22,30)(H,11,13,15)(H2,17,18,19)/t5-,7-,8?,10-,29?/m1/s1. The predicted molar refractivity (Wildman–Crippen MR) is 98.4 cm³/mol. The fraction of sp³-hybridized carbons (Fsp3) is 0.600. The van der Waals surface area contributed by atoms with E-state index in [-0.39, 0.29) is 0 Å². The third-order valence-corrected chi connectivity index (χ3v) is 8.40. The summed E-state index contributed by atoms with van der Waals surface area (Å²) in [5, 5.41) is 20.8. The number of rotatable bonds is 8. The number of aromatic nitrogens is 2. The summed E-state index contributed by atoms with van der Waals surface area (Å²) in [6.07, 6.45) is -3.74. The number of nitrogens with one attached hydrogen (secondary N) is 1. The molecule has 0 radical (unpaired) electrons. The molecule has 1 aliphatic rings. The molecule has 172 valence electrons. The first-order chi connectivity index (χ1) is 13.4.